The molecule has 0 saturated heterocycles. The maximum atomic E-state index is 11.8. The van der Waals surface area contributed by atoms with Crippen LogP contribution in [0, 0.1) is 13.8 Å². The van der Waals surface area contributed by atoms with Crippen LogP contribution >= 0.6 is 15.9 Å². The van der Waals surface area contributed by atoms with Crippen LogP contribution < -0.4 is 0 Å². The number of rotatable bonds is 2. The van der Waals surface area contributed by atoms with Crippen molar-refractivity contribution in [1.82, 2.24) is 0 Å². The number of hydrogen-bond donors (Lipinski definition) is 0. The molecule has 0 saturated carbocycles. The molecular weight excluding hydrogens is 288 g/mol. The van der Waals surface area contributed by atoms with Crippen molar-refractivity contribution in [2.24, 2.45) is 0 Å². The molecule has 2 aromatic rings. The molecule has 0 aliphatic rings. The summed E-state index contributed by atoms with van der Waals surface area (Å²) >= 11 is 3.43. The van der Waals surface area contributed by atoms with E-state index in [2.05, 4.69) is 28.9 Å². The van der Waals surface area contributed by atoms with Crippen molar-refractivity contribution in [3.8, 4) is 11.1 Å². The highest BCUT2D eigenvalue weighted by Crippen LogP contribution is 2.30. The first-order valence-electron chi connectivity index (χ1n) is 5.87. The van der Waals surface area contributed by atoms with Gasteiger partial charge in [-0.2, -0.15) is 0 Å². The maximum Gasteiger partial charge on any atom is 0.160 e. The van der Waals surface area contributed by atoms with E-state index in [0.717, 1.165) is 32.3 Å². The Morgan fingerprint density at radius 2 is 1.67 bits per heavy atom. The summed E-state index contributed by atoms with van der Waals surface area (Å²) in [7, 11) is 0. The molecule has 18 heavy (non-hydrogen) atoms. The van der Waals surface area contributed by atoms with E-state index in [0.29, 0.717) is 0 Å². The summed E-state index contributed by atoms with van der Waals surface area (Å²) in [4.78, 5) is 11.8. The van der Waals surface area contributed by atoms with Crippen molar-refractivity contribution < 1.29 is 4.79 Å². The van der Waals surface area contributed by atoms with Crippen molar-refractivity contribution in [2.75, 3.05) is 0 Å². The molecule has 0 radical (unpaired) electrons. The van der Waals surface area contributed by atoms with Crippen molar-refractivity contribution in [3.63, 3.8) is 0 Å². The first-order valence-corrected chi connectivity index (χ1v) is 6.66. The molecule has 0 aromatic heterocycles. The fraction of sp³-hybridized carbons (Fsp3) is 0.188. The number of hydrogen-bond acceptors (Lipinski definition) is 1. The maximum absolute atomic E-state index is 11.8. The lowest BCUT2D eigenvalue weighted by atomic mass is 9.91. The van der Waals surface area contributed by atoms with Gasteiger partial charge in [0.2, 0.25) is 0 Å². The van der Waals surface area contributed by atoms with Gasteiger partial charge in [0.15, 0.2) is 5.78 Å². The molecule has 0 spiro atoms. The molecule has 2 heteroatoms. The Labute approximate surface area is 116 Å². The van der Waals surface area contributed by atoms with Crippen LogP contribution in [-0.2, 0) is 0 Å². The first kappa shape index (κ1) is 13.0. The van der Waals surface area contributed by atoms with Gasteiger partial charge in [-0.3, -0.25) is 4.79 Å². The SMILES string of the molecule is CC(=O)c1cc(C)cc(C)c1-c1ccc(Br)cc1. The molecule has 2 aromatic carbocycles. The molecule has 0 fully saturated rings. The molecule has 0 amide bonds. The van der Waals surface area contributed by atoms with Gasteiger partial charge in [-0.25, -0.2) is 0 Å². The number of aryl methyl sites for hydroxylation is 2. The second kappa shape index (κ2) is 5.07. The Morgan fingerprint density at radius 3 is 2.22 bits per heavy atom. The van der Waals surface area contributed by atoms with E-state index >= 15 is 0 Å². The molecule has 0 aliphatic heterocycles. The summed E-state index contributed by atoms with van der Waals surface area (Å²) < 4.78 is 1.04. The van der Waals surface area contributed by atoms with Crippen LogP contribution in [0.2, 0.25) is 0 Å². The van der Waals surface area contributed by atoms with Crippen molar-refractivity contribution >= 4 is 21.7 Å². The lowest BCUT2D eigenvalue weighted by Crippen LogP contribution is -1.99. The second-order valence-electron chi connectivity index (χ2n) is 4.57. The predicted octanol–water partition coefficient (Wildman–Crippen LogP) is 4.94. The van der Waals surface area contributed by atoms with Crippen LogP contribution in [-0.4, -0.2) is 5.78 Å². The third-order valence-electron chi connectivity index (χ3n) is 2.99. The lowest BCUT2D eigenvalue weighted by molar-refractivity contribution is 0.101. The van der Waals surface area contributed by atoms with E-state index in [9.17, 15) is 4.79 Å². The molecular formula is C16H15BrO. The minimum absolute atomic E-state index is 0.111. The zero-order valence-electron chi connectivity index (χ0n) is 10.8. The number of Topliss-reactive ketones (excluding diaryl/α,β-unsaturated/α-hetero) is 1. The van der Waals surface area contributed by atoms with Gasteiger partial charge in [-0.05, 0) is 55.7 Å². The minimum Gasteiger partial charge on any atom is -0.294 e. The highest BCUT2D eigenvalue weighted by molar-refractivity contribution is 9.10. The summed E-state index contributed by atoms with van der Waals surface area (Å²) in [6, 6.07) is 12.1. The highest BCUT2D eigenvalue weighted by Gasteiger charge is 2.12. The quantitative estimate of drug-likeness (QED) is 0.718. The van der Waals surface area contributed by atoms with Gasteiger partial charge >= 0.3 is 0 Å². The topological polar surface area (TPSA) is 17.1 Å². The minimum atomic E-state index is 0.111. The van der Waals surface area contributed by atoms with Crippen LogP contribution in [0.4, 0.5) is 0 Å². The van der Waals surface area contributed by atoms with Gasteiger partial charge in [0.05, 0.1) is 0 Å². The summed E-state index contributed by atoms with van der Waals surface area (Å²) in [5, 5.41) is 0. The largest absolute Gasteiger partial charge is 0.294 e. The van der Waals surface area contributed by atoms with Crippen LogP contribution in [0.5, 0.6) is 0 Å². The zero-order valence-corrected chi connectivity index (χ0v) is 12.3. The summed E-state index contributed by atoms with van der Waals surface area (Å²) in [6.45, 7) is 5.69. The van der Waals surface area contributed by atoms with Crippen molar-refractivity contribution in [3.05, 3.63) is 57.6 Å². The summed E-state index contributed by atoms with van der Waals surface area (Å²) in [5.74, 6) is 0.111. The number of benzene rings is 2. The molecule has 0 N–H and O–H groups in total. The molecule has 0 unspecified atom stereocenters. The Morgan fingerprint density at radius 1 is 1.06 bits per heavy atom. The van der Waals surface area contributed by atoms with Gasteiger partial charge in [0.1, 0.15) is 0 Å². The molecule has 0 bridgehead atoms. The van der Waals surface area contributed by atoms with E-state index in [1.54, 1.807) is 6.92 Å². The average molecular weight is 303 g/mol. The van der Waals surface area contributed by atoms with E-state index < -0.39 is 0 Å². The van der Waals surface area contributed by atoms with E-state index in [4.69, 9.17) is 0 Å². The first-order chi connectivity index (χ1) is 8.49. The van der Waals surface area contributed by atoms with Crippen LogP contribution in [0.3, 0.4) is 0 Å². The molecule has 0 atom stereocenters. The van der Waals surface area contributed by atoms with Crippen LogP contribution in [0.1, 0.15) is 28.4 Å². The van der Waals surface area contributed by atoms with Gasteiger partial charge < -0.3 is 0 Å². The second-order valence-corrected chi connectivity index (χ2v) is 5.48. The lowest BCUT2D eigenvalue weighted by Gasteiger charge is -2.12. The van der Waals surface area contributed by atoms with Crippen molar-refractivity contribution in [1.29, 1.82) is 0 Å². The average Bonchev–Trinajstić information content (AvgIpc) is 2.29. The van der Waals surface area contributed by atoms with E-state index in [1.165, 1.54) is 0 Å². The smallest absolute Gasteiger partial charge is 0.160 e. The summed E-state index contributed by atoms with van der Waals surface area (Å²) in [6.07, 6.45) is 0. The van der Waals surface area contributed by atoms with Crippen LogP contribution in [0.15, 0.2) is 40.9 Å². The Bertz CT molecular complexity index is 597. The monoisotopic (exact) mass is 302 g/mol. The Balaban J connectivity index is 2.69. The van der Waals surface area contributed by atoms with Gasteiger partial charge in [-0.15, -0.1) is 0 Å². The molecule has 0 aliphatic carbocycles. The number of carbonyl (C=O) groups excluding carboxylic acids is 1. The Hall–Kier alpha value is -1.41. The van der Waals surface area contributed by atoms with E-state index in [-0.39, 0.29) is 5.78 Å². The standard InChI is InChI=1S/C16H15BrO/c1-10-8-11(2)16(15(9-10)12(3)18)13-4-6-14(17)7-5-13/h4-9H,1-3H3. The van der Waals surface area contributed by atoms with Gasteiger partial charge in [0, 0.05) is 10.0 Å². The third-order valence-corrected chi connectivity index (χ3v) is 3.52. The molecule has 0 heterocycles. The fourth-order valence-electron chi connectivity index (χ4n) is 2.24. The predicted molar refractivity (Wildman–Crippen MR) is 79.1 cm³/mol. The molecule has 1 nitrogen and oxygen atoms in total. The molecule has 2 rings (SSSR count). The Kier molecular flexibility index (Phi) is 3.67. The highest BCUT2D eigenvalue weighted by atomic mass is 79.9. The third kappa shape index (κ3) is 2.54. The van der Waals surface area contributed by atoms with Crippen LogP contribution in [0.25, 0.3) is 11.1 Å². The van der Waals surface area contributed by atoms with Gasteiger partial charge in [-0.1, -0.05) is 39.7 Å². The normalized spacial score (nSPS) is 10.4. The number of ketones is 1. The van der Waals surface area contributed by atoms with Crippen molar-refractivity contribution in [2.45, 2.75) is 20.8 Å². The number of carbonyl (C=O) groups is 1. The number of halogens is 1. The summed E-state index contributed by atoms with van der Waals surface area (Å²) in [5.41, 5.74) is 5.19. The molecule has 92 valence electrons. The van der Waals surface area contributed by atoms with Gasteiger partial charge in [0.25, 0.3) is 0 Å². The zero-order chi connectivity index (χ0) is 13.3. The fourth-order valence-corrected chi connectivity index (χ4v) is 2.51. The van der Waals surface area contributed by atoms with E-state index in [1.807, 2.05) is 37.3 Å².